The summed E-state index contributed by atoms with van der Waals surface area (Å²) in [6.45, 7) is 0.557. The number of halogens is 1. The minimum Gasteiger partial charge on any atom is -0.496 e. The van der Waals surface area contributed by atoms with Crippen LogP contribution in [0.2, 0.25) is 0 Å². The number of nitrogens with two attached hydrogens (primary N) is 1. The molecule has 0 spiro atoms. The number of nitrogens with zero attached hydrogens (tertiary/aromatic N) is 1. The van der Waals surface area contributed by atoms with Crippen molar-refractivity contribution >= 4 is 15.9 Å². The van der Waals surface area contributed by atoms with Crippen molar-refractivity contribution in [3.05, 3.63) is 34.6 Å². The molecule has 0 radical (unpaired) electrons. The highest BCUT2D eigenvalue weighted by Crippen LogP contribution is 2.31. The van der Waals surface area contributed by atoms with Gasteiger partial charge in [-0.3, -0.25) is 0 Å². The second kappa shape index (κ2) is 5.33. The van der Waals surface area contributed by atoms with E-state index < -0.39 is 0 Å². The zero-order valence-electron chi connectivity index (χ0n) is 9.44. The lowest BCUT2D eigenvalue weighted by molar-refractivity contribution is 0.414. The Morgan fingerprint density at radius 2 is 2.29 bits per heavy atom. The Labute approximate surface area is 108 Å². The Morgan fingerprint density at radius 1 is 1.47 bits per heavy atom. The molecule has 4 nitrogen and oxygen atoms in total. The Kier molecular flexibility index (Phi) is 3.81. The Bertz CT molecular complexity index is 511. The van der Waals surface area contributed by atoms with Gasteiger partial charge in [-0.05, 0) is 24.7 Å². The van der Waals surface area contributed by atoms with Gasteiger partial charge in [0.05, 0.1) is 18.4 Å². The van der Waals surface area contributed by atoms with E-state index in [0.717, 1.165) is 21.5 Å². The van der Waals surface area contributed by atoms with Crippen molar-refractivity contribution in [3.63, 3.8) is 0 Å². The second-order valence-electron chi connectivity index (χ2n) is 3.53. The summed E-state index contributed by atoms with van der Waals surface area (Å²) in [5.74, 6) is 1.28. The highest BCUT2D eigenvalue weighted by Gasteiger charge is 2.12. The zero-order chi connectivity index (χ0) is 12.3. The summed E-state index contributed by atoms with van der Waals surface area (Å²) >= 11 is 3.42. The molecule has 0 fully saturated rings. The van der Waals surface area contributed by atoms with Crippen molar-refractivity contribution in [2.24, 2.45) is 5.73 Å². The molecule has 0 bridgehead atoms. The van der Waals surface area contributed by atoms with Gasteiger partial charge in [0.15, 0.2) is 0 Å². The van der Waals surface area contributed by atoms with Crippen LogP contribution in [0.15, 0.2) is 33.4 Å². The number of oxazole rings is 1. The molecule has 1 aromatic carbocycles. The molecule has 17 heavy (non-hydrogen) atoms. The van der Waals surface area contributed by atoms with Gasteiger partial charge in [-0.25, -0.2) is 4.98 Å². The minimum atomic E-state index is 0.548. The molecule has 0 aliphatic carbocycles. The predicted octanol–water partition coefficient (Wildman–Crippen LogP) is 2.61. The first-order chi connectivity index (χ1) is 8.24. The number of rotatable bonds is 4. The highest BCUT2D eigenvalue weighted by molar-refractivity contribution is 9.10. The maximum Gasteiger partial charge on any atom is 0.229 e. The fourth-order valence-electron chi connectivity index (χ4n) is 1.54. The number of aromatic nitrogens is 1. The van der Waals surface area contributed by atoms with Gasteiger partial charge < -0.3 is 14.9 Å². The molecular weight excluding hydrogens is 284 g/mol. The highest BCUT2D eigenvalue weighted by atomic mass is 79.9. The minimum absolute atomic E-state index is 0.548. The van der Waals surface area contributed by atoms with Gasteiger partial charge in [0, 0.05) is 10.9 Å². The topological polar surface area (TPSA) is 61.3 Å². The molecule has 0 amide bonds. The van der Waals surface area contributed by atoms with E-state index >= 15 is 0 Å². The quantitative estimate of drug-likeness (QED) is 0.942. The summed E-state index contributed by atoms with van der Waals surface area (Å²) in [5, 5.41) is 0. The number of hydrogen-bond acceptors (Lipinski definition) is 4. The van der Waals surface area contributed by atoms with E-state index in [2.05, 4.69) is 20.9 Å². The summed E-state index contributed by atoms with van der Waals surface area (Å²) in [5.41, 5.74) is 7.15. The summed E-state index contributed by atoms with van der Waals surface area (Å²) in [4.78, 5) is 4.37. The van der Waals surface area contributed by atoms with Gasteiger partial charge in [-0.2, -0.15) is 0 Å². The maximum absolute atomic E-state index is 5.47. The van der Waals surface area contributed by atoms with Gasteiger partial charge >= 0.3 is 0 Å². The fraction of sp³-hybridized carbons (Fsp3) is 0.250. The van der Waals surface area contributed by atoms with E-state index in [1.807, 2.05) is 18.2 Å². The third-order valence-corrected chi connectivity index (χ3v) is 2.84. The smallest absolute Gasteiger partial charge is 0.229 e. The van der Waals surface area contributed by atoms with Gasteiger partial charge in [-0.15, -0.1) is 0 Å². The zero-order valence-corrected chi connectivity index (χ0v) is 11.0. The van der Waals surface area contributed by atoms with E-state index in [0.29, 0.717) is 18.9 Å². The largest absolute Gasteiger partial charge is 0.496 e. The van der Waals surface area contributed by atoms with E-state index in [9.17, 15) is 0 Å². The van der Waals surface area contributed by atoms with Crippen molar-refractivity contribution in [2.75, 3.05) is 13.7 Å². The fourth-order valence-corrected chi connectivity index (χ4v) is 1.90. The Balaban J connectivity index is 2.40. The Morgan fingerprint density at radius 3 is 3.00 bits per heavy atom. The van der Waals surface area contributed by atoms with Gasteiger partial charge in [0.1, 0.15) is 12.0 Å². The first kappa shape index (κ1) is 12.1. The lowest BCUT2D eigenvalue weighted by atomic mass is 10.2. The average molecular weight is 297 g/mol. The number of benzene rings is 1. The van der Waals surface area contributed by atoms with Gasteiger partial charge in [0.25, 0.3) is 0 Å². The molecule has 0 atom stereocenters. The molecule has 0 saturated heterocycles. The van der Waals surface area contributed by atoms with Crippen LogP contribution in [-0.4, -0.2) is 18.6 Å². The van der Waals surface area contributed by atoms with Crippen molar-refractivity contribution in [1.29, 1.82) is 0 Å². The monoisotopic (exact) mass is 296 g/mol. The van der Waals surface area contributed by atoms with Crippen LogP contribution >= 0.6 is 15.9 Å². The summed E-state index contributed by atoms with van der Waals surface area (Å²) < 4.78 is 11.7. The molecule has 90 valence electrons. The van der Waals surface area contributed by atoms with Crippen molar-refractivity contribution < 1.29 is 9.15 Å². The number of methoxy groups -OCH3 is 1. The third kappa shape index (κ3) is 2.68. The summed E-state index contributed by atoms with van der Waals surface area (Å²) in [6, 6.07) is 5.69. The van der Waals surface area contributed by atoms with E-state index in [1.54, 1.807) is 13.4 Å². The lowest BCUT2D eigenvalue weighted by Crippen LogP contribution is -2.02. The second-order valence-corrected chi connectivity index (χ2v) is 4.44. The average Bonchev–Trinajstić information content (AvgIpc) is 2.78. The summed E-state index contributed by atoms with van der Waals surface area (Å²) in [7, 11) is 1.62. The van der Waals surface area contributed by atoms with Gasteiger partial charge in [-0.1, -0.05) is 15.9 Å². The molecule has 2 N–H and O–H groups in total. The van der Waals surface area contributed by atoms with Gasteiger partial charge in [0.2, 0.25) is 5.89 Å². The maximum atomic E-state index is 5.47. The predicted molar refractivity (Wildman–Crippen MR) is 68.9 cm³/mol. The number of ether oxygens (including phenoxy) is 1. The van der Waals surface area contributed by atoms with Crippen molar-refractivity contribution in [2.45, 2.75) is 6.42 Å². The lowest BCUT2D eigenvalue weighted by Gasteiger charge is -2.05. The van der Waals surface area contributed by atoms with E-state index in [1.165, 1.54) is 0 Å². The third-order valence-electron chi connectivity index (χ3n) is 2.34. The van der Waals surface area contributed by atoms with Crippen LogP contribution in [0.25, 0.3) is 11.5 Å². The standard InChI is InChI=1S/C12H13BrN2O2/c1-16-11-3-2-8(13)6-10(11)12-15-9(4-5-14)7-17-12/h2-3,6-7H,4-5,14H2,1H3. The molecule has 0 aliphatic rings. The molecule has 5 heteroatoms. The molecule has 1 heterocycles. The van der Waals surface area contributed by atoms with Crippen LogP contribution in [0.3, 0.4) is 0 Å². The molecular formula is C12H13BrN2O2. The molecule has 0 aliphatic heterocycles. The molecule has 2 aromatic rings. The van der Waals surface area contributed by atoms with Crippen LogP contribution in [0, 0.1) is 0 Å². The molecule has 0 unspecified atom stereocenters. The van der Waals surface area contributed by atoms with Crippen LogP contribution in [-0.2, 0) is 6.42 Å². The first-order valence-electron chi connectivity index (χ1n) is 5.23. The van der Waals surface area contributed by atoms with Crippen LogP contribution in [0.1, 0.15) is 5.69 Å². The normalized spacial score (nSPS) is 10.5. The van der Waals surface area contributed by atoms with Crippen LogP contribution < -0.4 is 10.5 Å². The molecule has 1 aromatic heterocycles. The van der Waals surface area contributed by atoms with Crippen LogP contribution in [0.5, 0.6) is 5.75 Å². The summed E-state index contributed by atoms with van der Waals surface area (Å²) in [6.07, 6.45) is 2.34. The molecule has 2 rings (SSSR count). The van der Waals surface area contributed by atoms with Crippen LogP contribution in [0.4, 0.5) is 0 Å². The first-order valence-corrected chi connectivity index (χ1v) is 6.02. The van der Waals surface area contributed by atoms with Crippen molar-refractivity contribution in [1.82, 2.24) is 4.98 Å². The Hall–Kier alpha value is -1.33. The SMILES string of the molecule is COc1ccc(Br)cc1-c1nc(CCN)co1. The van der Waals surface area contributed by atoms with E-state index in [-0.39, 0.29) is 0 Å². The molecule has 0 saturated carbocycles. The van der Waals surface area contributed by atoms with E-state index in [4.69, 9.17) is 14.9 Å². The number of hydrogen-bond donors (Lipinski definition) is 1. The van der Waals surface area contributed by atoms with Crippen molar-refractivity contribution in [3.8, 4) is 17.2 Å².